The molecule has 1 fully saturated rings. The third kappa shape index (κ3) is 4.96. The van der Waals surface area contributed by atoms with Crippen LogP contribution in [0.25, 0.3) is 0 Å². The molecule has 1 atom stereocenters. The highest BCUT2D eigenvalue weighted by Crippen LogP contribution is 2.27. The second-order valence-corrected chi connectivity index (χ2v) is 7.53. The van der Waals surface area contributed by atoms with Crippen LogP contribution in [0, 0.1) is 12.7 Å². The summed E-state index contributed by atoms with van der Waals surface area (Å²) in [5.74, 6) is 0.288. The number of aryl methyl sites for hydroxylation is 1. The second kappa shape index (κ2) is 9.07. The summed E-state index contributed by atoms with van der Waals surface area (Å²) in [4.78, 5) is 30.8. The molecule has 3 heterocycles. The number of amides is 2. The van der Waals surface area contributed by atoms with Crippen molar-refractivity contribution in [1.29, 1.82) is 0 Å². The van der Waals surface area contributed by atoms with E-state index in [-0.39, 0.29) is 29.9 Å². The number of likely N-dealkylation sites (tertiary alicyclic amines) is 1. The average Bonchev–Trinajstić information content (AvgIpc) is 3.42. The molecule has 1 aliphatic heterocycles. The maximum atomic E-state index is 13.1. The van der Waals surface area contributed by atoms with Crippen molar-refractivity contribution in [2.45, 2.75) is 32.1 Å². The maximum Gasteiger partial charge on any atom is 0.275 e. The van der Waals surface area contributed by atoms with Crippen molar-refractivity contribution in [3.05, 3.63) is 64.9 Å². The Balaban J connectivity index is 1.32. The molecule has 9 nitrogen and oxygen atoms in total. The first-order valence-corrected chi connectivity index (χ1v) is 10.0. The fourth-order valence-electron chi connectivity index (χ4n) is 3.59. The maximum absolute atomic E-state index is 13.1. The first-order chi connectivity index (χ1) is 15.0. The number of benzene rings is 1. The van der Waals surface area contributed by atoms with Gasteiger partial charge in [0.25, 0.3) is 5.91 Å². The van der Waals surface area contributed by atoms with Crippen LogP contribution in [0.3, 0.4) is 0 Å². The van der Waals surface area contributed by atoms with Crippen LogP contribution in [0.2, 0.25) is 0 Å². The quantitative estimate of drug-likeness (QED) is 0.642. The Hall–Kier alpha value is -3.56. The van der Waals surface area contributed by atoms with Crippen LogP contribution in [0.4, 0.5) is 4.39 Å². The predicted molar refractivity (Wildman–Crippen MR) is 106 cm³/mol. The van der Waals surface area contributed by atoms with E-state index in [2.05, 4.69) is 25.2 Å². The van der Waals surface area contributed by atoms with Gasteiger partial charge in [-0.1, -0.05) is 17.3 Å². The third-order valence-electron chi connectivity index (χ3n) is 5.25. The van der Waals surface area contributed by atoms with Crippen LogP contribution >= 0.6 is 0 Å². The molecule has 0 bridgehead atoms. The van der Waals surface area contributed by atoms with E-state index in [9.17, 15) is 14.0 Å². The van der Waals surface area contributed by atoms with Crippen LogP contribution in [0.15, 0.2) is 39.5 Å². The molecule has 31 heavy (non-hydrogen) atoms. The number of carbonyl (C=O) groups excluding carboxylic acids is 2. The van der Waals surface area contributed by atoms with Crippen molar-refractivity contribution >= 4 is 11.8 Å². The van der Waals surface area contributed by atoms with E-state index in [4.69, 9.17) is 4.42 Å². The molecule has 0 saturated carbocycles. The summed E-state index contributed by atoms with van der Waals surface area (Å²) < 4.78 is 23.5. The lowest BCUT2D eigenvalue weighted by Gasteiger charge is -2.31. The molecule has 1 aromatic carbocycles. The predicted octanol–water partition coefficient (Wildman–Crippen LogP) is 2.23. The van der Waals surface area contributed by atoms with Crippen molar-refractivity contribution in [3.63, 3.8) is 0 Å². The van der Waals surface area contributed by atoms with Gasteiger partial charge in [0.1, 0.15) is 17.3 Å². The second-order valence-electron chi connectivity index (χ2n) is 7.53. The van der Waals surface area contributed by atoms with E-state index >= 15 is 0 Å². The van der Waals surface area contributed by atoms with Gasteiger partial charge in [-0.25, -0.2) is 14.0 Å². The number of halogens is 1. The van der Waals surface area contributed by atoms with Crippen LogP contribution in [0.1, 0.15) is 52.2 Å². The third-order valence-corrected chi connectivity index (χ3v) is 5.25. The van der Waals surface area contributed by atoms with Gasteiger partial charge in [-0.3, -0.25) is 9.59 Å². The summed E-state index contributed by atoms with van der Waals surface area (Å²) in [6.45, 7) is 2.54. The molecule has 10 heteroatoms. The van der Waals surface area contributed by atoms with E-state index in [1.54, 1.807) is 30.2 Å². The van der Waals surface area contributed by atoms with E-state index in [1.165, 1.54) is 12.1 Å². The molecule has 3 aromatic rings. The van der Waals surface area contributed by atoms with Gasteiger partial charge in [0.15, 0.2) is 11.6 Å². The van der Waals surface area contributed by atoms with Crippen molar-refractivity contribution in [1.82, 2.24) is 25.5 Å². The van der Waals surface area contributed by atoms with E-state index < -0.39 is 5.91 Å². The summed E-state index contributed by atoms with van der Waals surface area (Å²) in [5.41, 5.74) is 1.36. The monoisotopic (exact) mass is 427 g/mol. The standard InChI is InChI=1S/C21H22FN5O4/c1-13-19(26-31-25-13)20(29)23-11-18(28)27-8-2-3-15(12-27)21-24-10-17(30-21)9-14-4-6-16(22)7-5-14/h4-7,10,15H,2-3,8-9,11-12H2,1H3,(H,23,29). The zero-order chi connectivity index (χ0) is 21.8. The van der Waals surface area contributed by atoms with Gasteiger partial charge in [0, 0.05) is 19.5 Å². The number of aromatic nitrogens is 3. The lowest BCUT2D eigenvalue weighted by atomic mass is 9.98. The number of hydrogen-bond acceptors (Lipinski definition) is 7. The summed E-state index contributed by atoms with van der Waals surface area (Å²) >= 11 is 0. The molecule has 162 valence electrons. The Morgan fingerprint density at radius 1 is 1.26 bits per heavy atom. The van der Waals surface area contributed by atoms with Crippen LogP contribution in [-0.4, -0.2) is 51.6 Å². The number of piperidine rings is 1. The Morgan fingerprint density at radius 2 is 2.06 bits per heavy atom. The summed E-state index contributed by atoms with van der Waals surface area (Å²) in [6.07, 6.45) is 3.86. The first-order valence-electron chi connectivity index (χ1n) is 10.0. The van der Waals surface area contributed by atoms with Gasteiger partial charge in [-0.15, -0.1) is 0 Å². The highest BCUT2D eigenvalue weighted by molar-refractivity contribution is 5.95. The summed E-state index contributed by atoms with van der Waals surface area (Å²) in [5, 5.41) is 9.64. The zero-order valence-electron chi connectivity index (χ0n) is 17.0. The average molecular weight is 427 g/mol. The molecule has 0 radical (unpaired) electrons. The Labute approximate surface area is 177 Å². The molecule has 2 amide bonds. The van der Waals surface area contributed by atoms with Crippen LogP contribution in [0.5, 0.6) is 0 Å². The Morgan fingerprint density at radius 3 is 2.81 bits per heavy atom. The number of nitrogens with zero attached hydrogens (tertiary/aromatic N) is 4. The van der Waals surface area contributed by atoms with Gasteiger partial charge in [-0.2, -0.15) is 0 Å². The fourth-order valence-corrected chi connectivity index (χ4v) is 3.59. The van der Waals surface area contributed by atoms with Gasteiger partial charge in [-0.05, 0) is 42.6 Å². The molecule has 0 aliphatic carbocycles. The minimum absolute atomic E-state index is 0.0163. The SMILES string of the molecule is Cc1nonc1C(=O)NCC(=O)N1CCCC(c2ncc(Cc3ccc(F)cc3)o2)C1. The molecular weight excluding hydrogens is 405 g/mol. The van der Waals surface area contributed by atoms with Crippen molar-refractivity contribution in [3.8, 4) is 0 Å². The van der Waals surface area contributed by atoms with Crippen LogP contribution in [-0.2, 0) is 11.2 Å². The fraction of sp³-hybridized carbons (Fsp3) is 0.381. The topological polar surface area (TPSA) is 114 Å². The van der Waals surface area contributed by atoms with Gasteiger partial charge in [0.05, 0.1) is 18.7 Å². The van der Waals surface area contributed by atoms with Gasteiger partial charge < -0.3 is 14.6 Å². The highest BCUT2D eigenvalue weighted by atomic mass is 19.1. The molecule has 1 saturated heterocycles. The zero-order valence-corrected chi connectivity index (χ0v) is 17.0. The Bertz CT molecular complexity index is 1060. The normalized spacial score (nSPS) is 16.3. The highest BCUT2D eigenvalue weighted by Gasteiger charge is 2.28. The largest absolute Gasteiger partial charge is 0.445 e. The number of oxazole rings is 1. The molecular formula is C21H22FN5O4. The van der Waals surface area contributed by atoms with E-state index in [0.717, 1.165) is 18.4 Å². The van der Waals surface area contributed by atoms with E-state index in [0.29, 0.717) is 36.9 Å². The first kappa shape index (κ1) is 20.7. The Kier molecular flexibility index (Phi) is 6.06. The molecule has 1 aliphatic rings. The molecule has 0 spiro atoms. The van der Waals surface area contributed by atoms with Gasteiger partial charge >= 0.3 is 0 Å². The van der Waals surface area contributed by atoms with Crippen molar-refractivity contribution in [2.24, 2.45) is 0 Å². The van der Waals surface area contributed by atoms with Crippen molar-refractivity contribution in [2.75, 3.05) is 19.6 Å². The number of rotatable bonds is 6. The molecule has 1 unspecified atom stereocenters. The lowest BCUT2D eigenvalue weighted by Crippen LogP contribution is -2.44. The minimum atomic E-state index is -0.501. The minimum Gasteiger partial charge on any atom is -0.445 e. The molecule has 2 aromatic heterocycles. The summed E-state index contributed by atoms with van der Waals surface area (Å²) in [7, 11) is 0. The smallest absolute Gasteiger partial charge is 0.275 e. The van der Waals surface area contributed by atoms with Crippen LogP contribution < -0.4 is 5.32 Å². The number of nitrogens with one attached hydrogen (secondary N) is 1. The van der Waals surface area contributed by atoms with E-state index in [1.807, 2.05) is 0 Å². The molecule has 1 N–H and O–H groups in total. The van der Waals surface area contributed by atoms with Gasteiger partial charge in [0.2, 0.25) is 5.91 Å². The van der Waals surface area contributed by atoms with Crippen molar-refractivity contribution < 1.29 is 23.0 Å². The lowest BCUT2D eigenvalue weighted by molar-refractivity contribution is -0.131. The summed E-state index contributed by atoms with van der Waals surface area (Å²) in [6, 6.07) is 6.25. The number of carbonyl (C=O) groups is 2. The number of hydrogen-bond donors (Lipinski definition) is 1. The molecule has 4 rings (SSSR count).